The number of nitrogens with one attached hydrogen (secondary N) is 3. The third kappa shape index (κ3) is 4.99. The number of hydrogen-bond donors (Lipinski definition) is 4. The zero-order chi connectivity index (χ0) is 21.7. The summed E-state index contributed by atoms with van der Waals surface area (Å²) >= 11 is 8.21. The minimum absolute atomic E-state index is 0.0112. The second-order valence-corrected chi connectivity index (χ2v) is 6.85. The van der Waals surface area contributed by atoms with Crippen LogP contribution >= 0.6 is 28.1 Å². The van der Waals surface area contributed by atoms with Gasteiger partial charge in [-0.15, -0.1) is 0 Å². The number of methoxy groups -OCH3 is 1. The lowest BCUT2D eigenvalue weighted by atomic mass is 10.3. The first-order valence-corrected chi connectivity index (χ1v) is 9.30. The first-order valence-electron chi connectivity index (χ1n) is 8.10. The molecule has 156 valence electrons. The quantitative estimate of drug-likeness (QED) is 0.135. The Hall–Kier alpha value is -3.32. The molecule has 0 bridgehead atoms. The summed E-state index contributed by atoms with van der Waals surface area (Å²) in [6, 6.07) is 8.25. The van der Waals surface area contributed by atoms with Gasteiger partial charge in [0.1, 0.15) is 17.4 Å². The normalized spacial score (nSPS) is 11.1. The summed E-state index contributed by atoms with van der Waals surface area (Å²) in [6.07, 6.45) is 0. The topological polar surface area (TPSA) is 117 Å². The molecular formula is C17H13BrF2N6O3S. The Kier molecular flexibility index (Phi) is 6.74. The second kappa shape index (κ2) is 9.45. The van der Waals surface area contributed by atoms with Crippen LogP contribution in [0.2, 0.25) is 0 Å². The van der Waals surface area contributed by atoms with Crippen molar-refractivity contribution in [2.45, 2.75) is 0 Å². The van der Waals surface area contributed by atoms with Gasteiger partial charge in [-0.2, -0.15) is 0 Å². The molecule has 1 aromatic heterocycles. The van der Waals surface area contributed by atoms with Gasteiger partial charge in [0.05, 0.1) is 17.3 Å². The lowest BCUT2D eigenvalue weighted by Crippen LogP contribution is -2.23. The van der Waals surface area contributed by atoms with E-state index < -0.39 is 11.6 Å². The Balaban J connectivity index is 1.73. The molecule has 0 saturated heterocycles. The number of thiocarbonyl (C=S) groups is 1. The van der Waals surface area contributed by atoms with Crippen molar-refractivity contribution < 1.29 is 23.4 Å². The summed E-state index contributed by atoms with van der Waals surface area (Å²) in [6.45, 7) is 0. The SMILES string of the molecule is COc1ccc(NC(=S)Nc2nonc2/C(=N/O)Nc2ccc(F)c(Br)c2)c(F)c1. The Bertz CT molecular complexity index is 1110. The van der Waals surface area contributed by atoms with Crippen LogP contribution in [0.3, 0.4) is 0 Å². The van der Waals surface area contributed by atoms with Crippen molar-refractivity contribution in [2.24, 2.45) is 5.16 Å². The molecule has 0 unspecified atom stereocenters. The van der Waals surface area contributed by atoms with Crippen LogP contribution < -0.4 is 20.7 Å². The van der Waals surface area contributed by atoms with Crippen LogP contribution in [0.1, 0.15) is 5.69 Å². The number of nitrogens with zero attached hydrogens (tertiary/aromatic N) is 3. The van der Waals surface area contributed by atoms with Crippen molar-refractivity contribution in [3.8, 4) is 5.75 Å². The molecule has 13 heteroatoms. The van der Waals surface area contributed by atoms with Crippen molar-refractivity contribution >= 4 is 56.3 Å². The van der Waals surface area contributed by atoms with E-state index in [2.05, 4.69) is 52.0 Å². The van der Waals surface area contributed by atoms with Gasteiger partial charge in [0.2, 0.25) is 11.7 Å². The molecule has 0 aliphatic heterocycles. The van der Waals surface area contributed by atoms with E-state index in [0.29, 0.717) is 11.4 Å². The third-order valence-corrected chi connectivity index (χ3v) is 4.46. The number of aromatic nitrogens is 2. The second-order valence-electron chi connectivity index (χ2n) is 5.59. The highest BCUT2D eigenvalue weighted by atomic mass is 79.9. The Labute approximate surface area is 182 Å². The van der Waals surface area contributed by atoms with Crippen LogP contribution in [0.25, 0.3) is 0 Å². The predicted octanol–water partition coefficient (Wildman–Crippen LogP) is 4.18. The molecule has 0 saturated carbocycles. The van der Waals surface area contributed by atoms with Crippen LogP contribution in [-0.2, 0) is 0 Å². The minimum Gasteiger partial charge on any atom is -0.497 e. The maximum Gasteiger partial charge on any atom is 0.208 e. The number of halogens is 3. The van der Waals surface area contributed by atoms with Crippen molar-refractivity contribution in [3.05, 3.63) is 58.2 Å². The molecule has 0 fully saturated rings. The molecule has 2 aromatic carbocycles. The number of ether oxygens (including phenoxy) is 1. The molecule has 0 aliphatic rings. The average Bonchev–Trinajstić information content (AvgIpc) is 3.18. The van der Waals surface area contributed by atoms with Crippen molar-refractivity contribution in [1.29, 1.82) is 0 Å². The number of amidine groups is 1. The van der Waals surface area contributed by atoms with Gasteiger partial charge in [-0.3, -0.25) is 0 Å². The fourth-order valence-electron chi connectivity index (χ4n) is 2.25. The third-order valence-electron chi connectivity index (χ3n) is 3.65. The predicted molar refractivity (Wildman–Crippen MR) is 113 cm³/mol. The van der Waals surface area contributed by atoms with Gasteiger partial charge in [0, 0.05) is 11.8 Å². The van der Waals surface area contributed by atoms with E-state index in [1.807, 2.05) is 0 Å². The summed E-state index contributed by atoms with van der Waals surface area (Å²) in [7, 11) is 1.42. The maximum atomic E-state index is 14.1. The van der Waals surface area contributed by atoms with E-state index in [-0.39, 0.29) is 32.6 Å². The van der Waals surface area contributed by atoms with Crippen LogP contribution in [0.4, 0.5) is 26.0 Å². The molecule has 0 spiro atoms. The van der Waals surface area contributed by atoms with E-state index in [4.69, 9.17) is 17.0 Å². The highest BCUT2D eigenvalue weighted by Crippen LogP contribution is 2.23. The number of hydrogen-bond acceptors (Lipinski definition) is 7. The Morgan fingerprint density at radius 2 is 1.93 bits per heavy atom. The van der Waals surface area contributed by atoms with E-state index >= 15 is 0 Å². The largest absolute Gasteiger partial charge is 0.497 e. The number of oxime groups is 1. The molecule has 0 amide bonds. The molecule has 0 aliphatic carbocycles. The van der Waals surface area contributed by atoms with E-state index in [1.54, 1.807) is 6.07 Å². The molecule has 3 aromatic rings. The van der Waals surface area contributed by atoms with Gasteiger partial charge in [0.15, 0.2) is 10.8 Å². The van der Waals surface area contributed by atoms with Gasteiger partial charge in [0.25, 0.3) is 0 Å². The lowest BCUT2D eigenvalue weighted by Gasteiger charge is -2.11. The molecule has 3 rings (SSSR count). The monoisotopic (exact) mass is 498 g/mol. The van der Waals surface area contributed by atoms with Crippen molar-refractivity contribution in [3.63, 3.8) is 0 Å². The smallest absolute Gasteiger partial charge is 0.208 e. The average molecular weight is 499 g/mol. The molecular weight excluding hydrogens is 486 g/mol. The van der Waals surface area contributed by atoms with Gasteiger partial charge in [-0.25, -0.2) is 13.4 Å². The van der Waals surface area contributed by atoms with Crippen LogP contribution in [-0.4, -0.2) is 33.6 Å². The Morgan fingerprint density at radius 3 is 2.60 bits per heavy atom. The summed E-state index contributed by atoms with van der Waals surface area (Å²) in [4.78, 5) is 0. The number of rotatable bonds is 5. The zero-order valence-corrected chi connectivity index (χ0v) is 17.5. The highest BCUT2D eigenvalue weighted by Gasteiger charge is 2.19. The van der Waals surface area contributed by atoms with Crippen LogP contribution in [0.5, 0.6) is 5.75 Å². The summed E-state index contributed by atoms with van der Waals surface area (Å²) < 4.78 is 37.3. The zero-order valence-electron chi connectivity index (χ0n) is 15.1. The lowest BCUT2D eigenvalue weighted by molar-refractivity contribution is 0.305. The molecule has 30 heavy (non-hydrogen) atoms. The highest BCUT2D eigenvalue weighted by molar-refractivity contribution is 9.10. The first-order chi connectivity index (χ1) is 14.4. The minimum atomic E-state index is -0.585. The summed E-state index contributed by atoms with van der Waals surface area (Å²) in [5.74, 6) is -0.866. The standard InChI is InChI=1S/C17H13BrF2N6O3S/c1-28-9-3-5-13(12(20)7-9)22-17(30)23-16-14(25-29-26-16)15(24-27)21-8-2-4-11(19)10(18)6-8/h2-7,27H,1H3,(H,21,24)(H2,22,23,26,30). The molecule has 4 N–H and O–H groups in total. The van der Waals surface area contributed by atoms with Gasteiger partial charge < -0.3 is 25.9 Å². The van der Waals surface area contributed by atoms with Gasteiger partial charge in [-0.05, 0) is 68.8 Å². The van der Waals surface area contributed by atoms with E-state index in [9.17, 15) is 14.0 Å². The van der Waals surface area contributed by atoms with Gasteiger partial charge in [-0.1, -0.05) is 5.16 Å². The Morgan fingerprint density at radius 1 is 1.13 bits per heavy atom. The fourth-order valence-corrected chi connectivity index (χ4v) is 2.84. The van der Waals surface area contributed by atoms with E-state index in [0.717, 1.165) is 0 Å². The molecule has 9 nitrogen and oxygen atoms in total. The van der Waals surface area contributed by atoms with Crippen LogP contribution in [0.15, 0.2) is 50.7 Å². The molecule has 1 heterocycles. The maximum absolute atomic E-state index is 14.1. The molecule has 0 radical (unpaired) electrons. The summed E-state index contributed by atoms with van der Waals surface area (Å²) in [5.41, 5.74) is 0.458. The molecule has 0 atom stereocenters. The van der Waals surface area contributed by atoms with Gasteiger partial charge >= 0.3 is 0 Å². The summed E-state index contributed by atoms with van der Waals surface area (Å²) in [5, 5.41) is 27.8. The number of benzene rings is 2. The van der Waals surface area contributed by atoms with E-state index in [1.165, 1.54) is 37.4 Å². The van der Waals surface area contributed by atoms with Crippen molar-refractivity contribution in [2.75, 3.05) is 23.1 Å². The number of anilines is 3. The van der Waals surface area contributed by atoms with Crippen LogP contribution in [0, 0.1) is 11.6 Å². The van der Waals surface area contributed by atoms with Crippen molar-refractivity contribution in [1.82, 2.24) is 10.3 Å². The fraction of sp³-hybridized carbons (Fsp3) is 0.0588. The first kappa shape index (κ1) is 21.4.